The van der Waals surface area contributed by atoms with Crippen LogP contribution in [0.5, 0.6) is 0 Å². The third kappa shape index (κ3) is 5.30. The minimum Gasteiger partial charge on any atom is -0.336 e. The Morgan fingerprint density at radius 1 is 1.37 bits per heavy atom. The van der Waals surface area contributed by atoms with Gasteiger partial charge in [-0.2, -0.15) is 0 Å². The highest BCUT2D eigenvalue weighted by molar-refractivity contribution is 7.89. The highest BCUT2D eigenvalue weighted by Crippen LogP contribution is 2.16. The number of nitrogens with zero attached hydrogens (tertiary/aromatic N) is 2. The van der Waals surface area contributed by atoms with Gasteiger partial charge < -0.3 is 9.88 Å². The smallest absolute Gasteiger partial charge is 0.211 e. The molecule has 1 aromatic heterocycles. The molecule has 1 aliphatic rings. The van der Waals surface area contributed by atoms with Gasteiger partial charge in [0.05, 0.1) is 12.1 Å². The van der Waals surface area contributed by atoms with Crippen molar-refractivity contribution >= 4 is 10.0 Å². The molecule has 7 heteroatoms. The van der Waals surface area contributed by atoms with E-state index in [1.165, 1.54) is 0 Å². The van der Waals surface area contributed by atoms with Crippen LogP contribution in [0, 0.1) is 5.92 Å². The topological polar surface area (TPSA) is 76.0 Å². The molecule has 19 heavy (non-hydrogen) atoms. The second kappa shape index (κ2) is 7.02. The van der Waals surface area contributed by atoms with Gasteiger partial charge >= 0.3 is 0 Å². The fourth-order valence-corrected chi connectivity index (χ4v) is 3.50. The van der Waals surface area contributed by atoms with Gasteiger partial charge in [0.15, 0.2) is 0 Å². The molecule has 0 aromatic carbocycles. The summed E-state index contributed by atoms with van der Waals surface area (Å²) in [5.74, 6) is 0.785. The van der Waals surface area contributed by atoms with Gasteiger partial charge in [-0.25, -0.2) is 18.1 Å². The van der Waals surface area contributed by atoms with Gasteiger partial charge in [-0.1, -0.05) is 0 Å². The lowest BCUT2D eigenvalue weighted by molar-refractivity contribution is 0.365. The first kappa shape index (κ1) is 14.5. The molecule has 1 fully saturated rings. The summed E-state index contributed by atoms with van der Waals surface area (Å²) in [6.45, 7) is 3.06. The average Bonchev–Trinajstić information content (AvgIpc) is 2.91. The Balaban J connectivity index is 1.66. The molecule has 0 aliphatic carbocycles. The molecule has 1 aliphatic heterocycles. The van der Waals surface area contributed by atoms with Gasteiger partial charge in [0.1, 0.15) is 0 Å². The predicted octanol–water partition coefficient (Wildman–Crippen LogP) is 0.192. The van der Waals surface area contributed by atoms with Crippen molar-refractivity contribution in [3.63, 3.8) is 0 Å². The molecule has 0 bridgehead atoms. The van der Waals surface area contributed by atoms with Crippen molar-refractivity contribution in [2.45, 2.75) is 25.8 Å². The van der Waals surface area contributed by atoms with Crippen LogP contribution >= 0.6 is 0 Å². The Bertz CT molecular complexity index is 452. The molecule has 108 valence electrons. The van der Waals surface area contributed by atoms with Gasteiger partial charge in [-0.15, -0.1) is 0 Å². The van der Waals surface area contributed by atoms with Crippen LogP contribution in [-0.4, -0.2) is 43.4 Å². The van der Waals surface area contributed by atoms with Crippen LogP contribution in [0.1, 0.15) is 19.3 Å². The van der Waals surface area contributed by atoms with E-state index in [1.807, 2.05) is 10.8 Å². The Hall–Kier alpha value is -0.920. The third-order valence-electron chi connectivity index (χ3n) is 3.50. The van der Waals surface area contributed by atoms with Crippen molar-refractivity contribution in [3.8, 4) is 0 Å². The molecule has 2 rings (SSSR count). The van der Waals surface area contributed by atoms with Crippen LogP contribution in [0.15, 0.2) is 18.7 Å². The number of nitrogens with one attached hydrogen (secondary N) is 2. The quantitative estimate of drug-likeness (QED) is 0.750. The van der Waals surface area contributed by atoms with Gasteiger partial charge in [-0.05, 0) is 38.3 Å². The van der Waals surface area contributed by atoms with E-state index in [2.05, 4.69) is 15.0 Å². The van der Waals surface area contributed by atoms with E-state index in [0.29, 0.717) is 19.0 Å². The molecular formula is C12H22N4O2S. The Labute approximate surface area is 114 Å². The van der Waals surface area contributed by atoms with Crippen molar-refractivity contribution in [3.05, 3.63) is 18.7 Å². The van der Waals surface area contributed by atoms with E-state index in [1.54, 1.807) is 12.5 Å². The summed E-state index contributed by atoms with van der Waals surface area (Å²) in [6, 6.07) is 0. The second-order valence-corrected chi connectivity index (χ2v) is 6.92. The van der Waals surface area contributed by atoms with Crippen molar-refractivity contribution in [2.24, 2.45) is 5.92 Å². The van der Waals surface area contributed by atoms with E-state index < -0.39 is 10.0 Å². The van der Waals surface area contributed by atoms with Crippen molar-refractivity contribution in [1.82, 2.24) is 19.6 Å². The Kier molecular flexibility index (Phi) is 5.35. The van der Waals surface area contributed by atoms with Crippen LogP contribution in [0.25, 0.3) is 0 Å². The second-order valence-electron chi connectivity index (χ2n) is 5.00. The Morgan fingerprint density at radius 3 is 2.84 bits per heavy atom. The summed E-state index contributed by atoms with van der Waals surface area (Å²) in [7, 11) is -3.14. The number of aromatic nitrogens is 2. The first-order valence-electron chi connectivity index (χ1n) is 6.79. The summed E-state index contributed by atoms with van der Waals surface area (Å²) in [6.07, 6.45) is 8.13. The van der Waals surface area contributed by atoms with E-state index in [0.717, 1.165) is 32.4 Å². The fourth-order valence-electron chi connectivity index (χ4n) is 2.31. The molecule has 2 N–H and O–H groups in total. The SMILES string of the molecule is O=S(=O)(CCC1CCNCC1)NCCn1ccnc1. The average molecular weight is 286 g/mol. The summed E-state index contributed by atoms with van der Waals surface area (Å²) in [5, 5.41) is 3.29. The molecular weight excluding hydrogens is 264 g/mol. The maximum absolute atomic E-state index is 11.9. The van der Waals surface area contributed by atoms with Crippen molar-refractivity contribution < 1.29 is 8.42 Å². The van der Waals surface area contributed by atoms with Crippen LogP contribution < -0.4 is 10.0 Å². The molecule has 2 heterocycles. The van der Waals surface area contributed by atoms with Gasteiger partial charge in [0.2, 0.25) is 10.0 Å². The van der Waals surface area contributed by atoms with E-state index in [4.69, 9.17) is 0 Å². The molecule has 0 atom stereocenters. The van der Waals surface area contributed by atoms with Crippen LogP contribution in [0.2, 0.25) is 0 Å². The number of sulfonamides is 1. The number of imidazole rings is 1. The van der Waals surface area contributed by atoms with Crippen LogP contribution in [0.3, 0.4) is 0 Å². The molecule has 0 amide bonds. The van der Waals surface area contributed by atoms with E-state index in [-0.39, 0.29) is 5.75 Å². The number of piperidine rings is 1. The van der Waals surface area contributed by atoms with Gasteiger partial charge in [0.25, 0.3) is 0 Å². The molecule has 0 spiro atoms. The molecule has 6 nitrogen and oxygen atoms in total. The number of hydrogen-bond donors (Lipinski definition) is 2. The van der Waals surface area contributed by atoms with Crippen LogP contribution in [0.4, 0.5) is 0 Å². The number of hydrogen-bond acceptors (Lipinski definition) is 4. The highest BCUT2D eigenvalue weighted by Gasteiger charge is 2.17. The zero-order valence-electron chi connectivity index (χ0n) is 11.1. The Morgan fingerprint density at radius 2 is 2.16 bits per heavy atom. The summed E-state index contributed by atoms with van der Waals surface area (Å²) < 4.78 is 28.2. The summed E-state index contributed by atoms with van der Waals surface area (Å²) in [4.78, 5) is 3.91. The third-order valence-corrected chi connectivity index (χ3v) is 4.92. The van der Waals surface area contributed by atoms with Gasteiger partial charge in [-0.3, -0.25) is 0 Å². The fraction of sp³-hybridized carbons (Fsp3) is 0.750. The van der Waals surface area contributed by atoms with Gasteiger partial charge in [0, 0.05) is 25.5 Å². The zero-order chi connectivity index (χ0) is 13.6. The molecule has 0 unspecified atom stereocenters. The minimum absolute atomic E-state index is 0.238. The zero-order valence-corrected chi connectivity index (χ0v) is 11.9. The van der Waals surface area contributed by atoms with Crippen molar-refractivity contribution in [2.75, 3.05) is 25.4 Å². The largest absolute Gasteiger partial charge is 0.336 e. The lowest BCUT2D eigenvalue weighted by atomic mass is 9.96. The highest BCUT2D eigenvalue weighted by atomic mass is 32.2. The monoisotopic (exact) mass is 286 g/mol. The van der Waals surface area contributed by atoms with E-state index in [9.17, 15) is 8.42 Å². The summed E-state index contributed by atoms with van der Waals surface area (Å²) >= 11 is 0. The normalized spacial score (nSPS) is 17.7. The first-order valence-corrected chi connectivity index (χ1v) is 8.45. The number of rotatable bonds is 7. The standard InChI is InChI=1S/C12H22N4O2S/c17-19(18,10-3-12-1-4-13-5-2-12)15-7-9-16-8-6-14-11-16/h6,8,11-13,15H,1-5,7,9-10H2. The van der Waals surface area contributed by atoms with Crippen molar-refractivity contribution in [1.29, 1.82) is 0 Å². The lowest BCUT2D eigenvalue weighted by Gasteiger charge is -2.22. The predicted molar refractivity (Wildman–Crippen MR) is 74.2 cm³/mol. The minimum atomic E-state index is -3.14. The molecule has 0 saturated carbocycles. The maximum atomic E-state index is 11.9. The van der Waals surface area contributed by atoms with Crippen LogP contribution in [-0.2, 0) is 16.6 Å². The maximum Gasteiger partial charge on any atom is 0.211 e. The molecule has 1 saturated heterocycles. The molecule has 0 radical (unpaired) electrons. The lowest BCUT2D eigenvalue weighted by Crippen LogP contribution is -2.32. The summed E-state index contributed by atoms with van der Waals surface area (Å²) in [5.41, 5.74) is 0. The molecule has 1 aromatic rings. The van der Waals surface area contributed by atoms with E-state index >= 15 is 0 Å². The first-order chi connectivity index (χ1) is 9.16.